The van der Waals surface area contributed by atoms with Gasteiger partial charge in [0.15, 0.2) is 0 Å². The van der Waals surface area contributed by atoms with Gasteiger partial charge in [0, 0.05) is 24.1 Å². The lowest BCUT2D eigenvalue weighted by Crippen LogP contribution is -2.24. The number of hydrazone groups is 1. The Labute approximate surface area is 178 Å². The van der Waals surface area contributed by atoms with Crippen molar-refractivity contribution in [2.75, 3.05) is 0 Å². The maximum absolute atomic E-state index is 13.3. The first-order chi connectivity index (χ1) is 14.8. The Morgan fingerprint density at radius 3 is 2.39 bits per heavy atom. The van der Waals surface area contributed by atoms with Crippen LogP contribution in [0.1, 0.15) is 32.8 Å². The summed E-state index contributed by atoms with van der Waals surface area (Å²) in [6.45, 7) is 5.50. The van der Waals surface area contributed by atoms with Crippen LogP contribution < -0.4 is 11.0 Å². The summed E-state index contributed by atoms with van der Waals surface area (Å²) in [5, 5.41) is 18.1. The lowest BCUT2D eigenvalue weighted by Gasteiger charge is -2.05. The lowest BCUT2D eigenvalue weighted by atomic mass is 10.1. The molecule has 160 valence electrons. The second kappa shape index (κ2) is 9.21. The molecular formula is C22H23N5O4. The summed E-state index contributed by atoms with van der Waals surface area (Å²) < 4.78 is 1.30. The molecule has 0 unspecified atom stereocenters. The van der Waals surface area contributed by atoms with Crippen LogP contribution in [-0.4, -0.2) is 26.3 Å². The Hall–Kier alpha value is -4.01. The first-order valence-corrected chi connectivity index (χ1v) is 9.76. The summed E-state index contributed by atoms with van der Waals surface area (Å²) in [6, 6.07) is 14.9. The summed E-state index contributed by atoms with van der Waals surface area (Å²) in [5.41, 5.74) is 4.42. The van der Waals surface area contributed by atoms with E-state index >= 15 is 0 Å². The smallest absolute Gasteiger partial charge is 0.281 e. The molecule has 9 heteroatoms. The number of nitro groups is 1. The first kappa shape index (κ1) is 21.7. The largest absolute Gasteiger partial charge is 0.290 e. The van der Waals surface area contributed by atoms with E-state index in [1.54, 1.807) is 6.92 Å². The van der Waals surface area contributed by atoms with E-state index in [1.807, 2.05) is 44.2 Å². The fourth-order valence-corrected chi connectivity index (χ4v) is 3.11. The molecule has 9 nitrogen and oxygen atoms in total. The molecule has 1 aromatic heterocycles. The van der Waals surface area contributed by atoms with Gasteiger partial charge in [-0.05, 0) is 25.0 Å². The van der Waals surface area contributed by atoms with E-state index in [9.17, 15) is 19.7 Å². The highest BCUT2D eigenvalue weighted by molar-refractivity contribution is 6.04. The molecule has 0 radical (unpaired) electrons. The second-order valence-electron chi connectivity index (χ2n) is 7.47. The highest BCUT2D eigenvalue weighted by Crippen LogP contribution is 2.22. The molecule has 0 aliphatic heterocycles. The van der Waals surface area contributed by atoms with Crippen molar-refractivity contribution in [3.05, 3.63) is 80.6 Å². The third-order valence-electron chi connectivity index (χ3n) is 4.58. The first-order valence-electron chi connectivity index (χ1n) is 9.76. The van der Waals surface area contributed by atoms with E-state index in [2.05, 4.69) is 15.6 Å². The van der Waals surface area contributed by atoms with Gasteiger partial charge in [-0.3, -0.25) is 24.8 Å². The topological polar surface area (TPSA) is 122 Å². The zero-order valence-electron chi connectivity index (χ0n) is 17.5. The quantitative estimate of drug-likeness (QED) is 0.343. The van der Waals surface area contributed by atoms with E-state index in [1.165, 1.54) is 28.9 Å². The van der Waals surface area contributed by atoms with Gasteiger partial charge in [-0.1, -0.05) is 44.2 Å². The zero-order valence-corrected chi connectivity index (χ0v) is 17.5. The van der Waals surface area contributed by atoms with Crippen molar-refractivity contribution >= 4 is 17.3 Å². The van der Waals surface area contributed by atoms with Crippen LogP contribution in [0.15, 0.2) is 64.5 Å². The van der Waals surface area contributed by atoms with Crippen LogP contribution in [0.25, 0.3) is 16.9 Å². The molecule has 0 saturated carbocycles. The van der Waals surface area contributed by atoms with Gasteiger partial charge >= 0.3 is 0 Å². The maximum atomic E-state index is 13.3. The molecule has 3 rings (SSSR count). The van der Waals surface area contributed by atoms with Gasteiger partial charge in [-0.2, -0.15) is 5.10 Å². The van der Waals surface area contributed by atoms with E-state index in [0.29, 0.717) is 29.1 Å². The summed E-state index contributed by atoms with van der Waals surface area (Å²) >= 11 is 0. The number of benzene rings is 2. The van der Waals surface area contributed by atoms with Gasteiger partial charge in [-0.15, -0.1) is 0 Å². The van der Waals surface area contributed by atoms with Crippen molar-refractivity contribution in [3.8, 4) is 16.9 Å². The summed E-state index contributed by atoms with van der Waals surface area (Å²) in [5.74, 6) is -0.0520. The number of hydrogen-bond donors (Lipinski definition) is 2. The van der Waals surface area contributed by atoms with Gasteiger partial charge in [0.2, 0.25) is 5.91 Å². The van der Waals surface area contributed by atoms with Crippen LogP contribution in [0, 0.1) is 16.0 Å². The number of hydrogen-bond acceptors (Lipinski definition) is 5. The molecule has 2 N–H and O–H groups in total. The standard InChI is InChI=1S/C22H23N5O4/c1-14(2)13-19(28)24-23-15(3)20-21(16-7-5-4-6-8-16)25-26(22(20)29)17-9-11-18(12-10-17)27(30)31/h4-12,14,25H,13H2,1-3H3,(H,24,28). The molecule has 0 aliphatic carbocycles. The normalized spacial score (nSPS) is 11.5. The molecule has 2 aromatic carbocycles. The molecule has 0 bridgehead atoms. The van der Waals surface area contributed by atoms with Gasteiger partial charge in [0.1, 0.15) is 0 Å². The van der Waals surface area contributed by atoms with Crippen LogP contribution in [0.4, 0.5) is 5.69 Å². The van der Waals surface area contributed by atoms with Crippen LogP contribution >= 0.6 is 0 Å². The average Bonchev–Trinajstić information content (AvgIpc) is 3.09. The van der Waals surface area contributed by atoms with E-state index in [-0.39, 0.29) is 23.1 Å². The number of aromatic amines is 1. The minimum Gasteiger partial charge on any atom is -0.290 e. The number of non-ortho nitro benzene ring substituents is 1. The molecule has 31 heavy (non-hydrogen) atoms. The third-order valence-corrected chi connectivity index (χ3v) is 4.58. The number of H-pyrrole nitrogens is 1. The Morgan fingerprint density at radius 2 is 1.81 bits per heavy atom. The average molecular weight is 421 g/mol. The lowest BCUT2D eigenvalue weighted by molar-refractivity contribution is -0.384. The van der Waals surface area contributed by atoms with Crippen LogP contribution in [0.2, 0.25) is 0 Å². The van der Waals surface area contributed by atoms with Crippen molar-refractivity contribution in [2.24, 2.45) is 11.0 Å². The Morgan fingerprint density at radius 1 is 1.16 bits per heavy atom. The highest BCUT2D eigenvalue weighted by atomic mass is 16.6. The summed E-state index contributed by atoms with van der Waals surface area (Å²) in [4.78, 5) is 35.6. The van der Waals surface area contributed by atoms with Gasteiger partial charge < -0.3 is 0 Å². The fraction of sp³-hybridized carbons (Fsp3) is 0.227. The van der Waals surface area contributed by atoms with Crippen LogP contribution in [0.3, 0.4) is 0 Å². The van der Waals surface area contributed by atoms with E-state index < -0.39 is 4.92 Å². The van der Waals surface area contributed by atoms with E-state index in [0.717, 1.165) is 5.56 Å². The minimum atomic E-state index is -0.501. The summed E-state index contributed by atoms with van der Waals surface area (Å²) in [6.07, 6.45) is 0.322. The number of carbonyl (C=O) groups excluding carboxylic acids is 1. The number of rotatable bonds is 7. The molecule has 3 aromatic rings. The van der Waals surface area contributed by atoms with Crippen molar-refractivity contribution < 1.29 is 9.72 Å². The molecule has 1 amide bonds. The fourth-order valence-electron chi connectivity index (χ4n) is 3.11. The molecule has 0 fully saturated rings. The predicted octanol–water partition coefficient (Wildman–Crippen LogP) is 3.63. The number of amides is 1. The van der Waals surface area contributed by atoms with Crippen molar-refractivity contribution in [3.63, 3.8) is 0 Å². The van der Waals surface area contributed by atoms with Crippen LogP contribution in [-0.2, 0) is 4.79 Å². The number of carbonyl (C=O) groups is 1. The maximum Gasteiger partial charge on any atom is 0.281 e. The van der Waals surface area contributed by atoms with Gasteiger partial charge in [0.05, 0.1) is 27.6 Å². The molecule has 0 saturated heterocycles. The summed E-state index contributed by atoms with van der Waals surface area (Å²) in [7, 11) is 0. The molecule has 0 atom stereocenters. The number of nitro benzene ring substituents is 1. The second-order valence-corrected chi connectivity index (χ2v) is 7.47. The number of aromatic nitrogens is 2. The third kappa shape index (κ3) is 4.95. The van der Waals surface area contributed by atoms with Gasteiger partial charge in [0.25, 0.3) is 11.2 Å². The molecule has 1 heterocycles. The molecular weight excluding hydrogens is 398 g/mol. The van der Waals surface area contributed by atoms with Gasteiger partial charge in [-0.25, -0.2) is 10.1 Å². The van der Waals surface area contributed by atoms with Crippen molar-refractivity contribution in [2.45, 2.75) is 27.2 Å². The SMILES string of the molecule is CC(=NNC(=O)CC(C)C)c1c(-c2ccccc2)[nH]n(-c2ccc([N+](=O)[O-])cc2)c1=O. The van der Waals surface area contributed by atoms with Crippen molar-refractivity contribution in [1.29, 1.82) is 0 Å². The monoisotopic (exact) mass is 421 g/mol. The van der Waals surface area contributed by atoms with Crippen molar-refractivity contribution in [1.82, 2.24) is 15.2 Å². The molecule has 0 aliphatic rings. The highest BCUT2D eigenvalue weighted by Gasteiger charge is 2.20. The Kier molecular flexibility index (Phi) is 6.44. The minimum absolute atomic E-state index is 0.0718. The molecule has 0 spiro atoms. The Balaban J connectivity index is 2.08. The van der Waals surface area contributed by atoms with E-state index in [4.69, 9.17) is 0 Å². The Bertz CT molecular complexity index is 1170. The predicted molar refractivity (Wildman–Crippen MR) is 118 cm³/mol. The van der Waals surface area contributed by atoms with Crippen LogP contribution in [0.5, 0.6) is 0 Å². The number of nitrogens with zero attached hydrogens (tertiary/aromatic N) is 3. The number of nitrogens with one attached hydrogen (secondary N) is 2. The zero-order chi connectivity index (χ0) is 22.5.